The fraction of sp³-hybridized carbons (Fsp3) is 0.357. The summed E-state index contributed by atoms with van der Waals surface area (Å²) in [7, 11) is 1.53. The van der Waals surface area contributed by atoms with Crippen molar-refractivity contribution in [2.24, 2.45) is 0 Å². The molecule has 2 rings (SSSR count). The Morgan fingerprint density at radius 1 is 1.40 bits per heavy atom. The number of nitrogens with zero attached hydrogens (tertiary/aromatic N) is 1. The Balaban J connectivity index is 2.08. The average Bonchev–Trinajstić information content (AvgIpc) is 2.76. The van der Waals surface area contributed by atoms with Crippen molar-refractivity contribution in [2.45, 2.75) is 13.3 Å². The molecule has 0 saturated carbocycles. The summed E-state index contributed by atoms with van der Waals surface area (Å²) in [6.07, 6.45) is 0.336. The van der Waals surface area contributed by atoms with Gasteiger partial charge < -0.3 is 15.0 Å². The minimum absolute atomic E-state index is 0.0792. The fourth-order valence-electron chi connectivity index (χ4n) is 2.04. The van der Waals surface area contributed by atoms with Crippen LogP contribution in [0.25, 0.3) is 0 Å². The van der Waals surface area contributed by atoms with Crippen molar-refractivity contribution in [3.05, 3.63) is 29.3 Å². The average molecular weight is 276 g/mol. The van der Waals surface area contributed by atoms with Crippen LogP contribution in [0, 0.1) is 0 Å². The number of hydrogen-bond donors (Lipinski definition) is 1. The highest BCUT2D eigenvalue weighted by Crippen LogP contribution is 2.24. The summed E-state index contributed by atoms with van der Waals surface area (Å²) in [6, 6.07) is 5.03. The SMILES string of the molecule is CCOC(=O)CN(C)C(=O)c1ccc2c(c1)NC(=O)C2. The smallest absolute Gasteiger partial charge is 0.325 e. The van der Waals surface area contributed by atoms with E-state index in [2.05, 4.69) is 5.32 Å². The van der Waals surface area contributed by atoms with Crippen LogP contribution in [0.4, 0.5) is 5.69 Å². The zero-order chi connectivity index (χ0) is 14.7. The van der Waals surface area contributed by atoms with Crippen molar-refractivity contribution >= 4 is 23.5 Å². The van der Waals surface area contributed by atoms with Gasteiger partial charge in [-0.1, -0.05) is 6.07 Å². The third kappa shape index (κ3) is 2.96. The van der Waals surface area contributed by atoms with Crippen molar-refractivity contribution in [1.29, 1.82) is 0 Å². The maximum atomic E-state index is 12.2. The standard InChI is InChI=1S/C14H16N2O4/c1-3-20-13(18)8-16(2)14(19)10-5-4-9-7-12(17)15-11(9)6-10/h4-6H,3,7-8H2,1-2H3,(H,15,17). The summed E-state index contributed by atoms with van der Waals surface area (Å²) in [5, 5.41) is 2.69. The van der Waals surface area contributed by atoms with E-state index in [1.807, 2.05) is 0 Å². The quantitative estimate of drug-likeness (QED) is 0.826. The molecule has 1 heterocycles. The molecule has 1 aliphatic rings. The maximum Gasteiger partial charge on any atom is 0.325 e. The van der Waals surface area contributed by atoms with E-state index < -0.39 is 5.97 Å². The van der Waals surface area contributed by atoms with Gasteiger partial charge in [-0.2, -0.15) is 0 Å². The number of ether oxygens (including phenoxy) is 1. The molecule has 106 valence electrons. The molecule has 0 unspecified atom stereocenters. The second-order valence-corrected chi connectivity index (χ2v) is 4.56. The summed E-state index contributed by atoms with van der Waals surface area (Å²) >= 11 is 0. The molecule has 1 aliphatic heterocycles. The summed E-state index contributed by atoms with van der Waals surface area (Å²) in [5.74, 6) is -0.815. The first-order chi connectivity index (χ1) is 9.51. The van der Waals surface area contributed by atoms with Crippen LogP contribution in [0.15, 0.2) is 18.2 Å². The van der Waals surface area contributed by atoms with Gasteiger partial charge in [0.25, 0.3) is 5.91 Å². The van der Waals surface area contributed by atoms with Gasteiger partial charge in [-0.05, 0) is 24.6 Å². The van der Waals surface area contributed by atoms with Gasteiger partial charge in [-0.15, -0.1) is 0 Å². The summed E-state index contributed by atoms with van der Waals surface area (Å²) in [5.41, 5.74) is 1.96. The van der Waals surface area contributed by atoms with E-state index in [-0.39, 0.29) is 25.0 Å². The van der Waals surface area contributed by atoms with Crippen molar-refractivity contribution in [2.75, 3.05) is 25.5 Å². The second kappa shape index (κ2) is 5.73. The normalized spacial score (nSPS) is 12.6. The molecule has 0 fully saturated rings. The molecule has 0 radical (unpaired) electrons. The Hall–Kier alpha value is -2.37. The molecular weight excluding hydrogens is 260 g/mol. The lowest BCUT2D eigenvalue weighted by molar-refractivity contribution is -0.143. The van der Waals surface area contributed by atoms with Crippen LogP contribution in [0.2, 0.25) is 0 Å². The van der Waals surface area contributed by atoms with Gasteiger partial charge in [0.05, 0.1) is 13.0 Å². The monoisotopic (exact) mass is 276 g/mol. The Morgan fingerprint density at radius 3 is 2.85 bits per heavy atom. The number of carbonyl (C=O) groups is 3. The van der Waals surface area contributed by atoms with Crippen LogP contribution in [0.5, 0.6) is 0 Å². The van der Waals surface area contributed by atoms with Crippen LogP contribution in [-0.2, 0) is 20.7 Å². The number of benzene rings is 1. The summed E-state index contributed by atoms with van der Waals surface area (Å²) < 4.78 is 4.80. The minimum Gasteiger partial charge on any atom is -0.465 e. The number of esters is 1. The number of carbonyl (C=O) groups excluding carboxylic acids is 3. The lowest BCUT2D eigenvalue weighted by Crippen LogP contribution is -2.33. The van der Waals surface area contributed by atoms with Crippen molar-refractivity contribution in [3.63, 3.8) is 0 Å². The second-order valence-electron chi connectivity index (χ2n) is 4.56. The van der Waals surface area contributed by atoms with Gasteiger partial charge in [-0.25, -0.2) is 0 Å². The van der Waals surface area contributed by atoms with Gasteiger partial charge in [-0.3, -0.25) is 14.4 Å². The first-order valence-corrected chi connectivity index (χ1v) is 6.35. The highest BCUT2D eigenvalue weighted by molar-refractivity contribution is 6.02. The Bertz CT molecular complexity index is 568. The van der Waals surface area contributed by atoms with E-state index in [0.29, 0.717) is 17.7 Å². The maximum absolute atomic E-state index is 12.2. The van der Waals surface area contributed by atoms with Crippen LogP contribution in [-0.4, -0.2) is 42.9 Å². The van der Waals surface area contributed by atoms with E-state index in [9.17, 15) is 14.4 Å². The fourth-order valence-corrected chi connectivity index (χ4v) is 2.04. The number of nitrogens with one attached hydrogen (secondary N) is 1. The molecule has 0 atom stereocenters. The molecule has 20 heavy (non-hydrogen) atoms. The van der Waals surface area contributed by atoms with Gasteiger partial charge in [0.15, 0.2) is 0 Å². The highest BCUT2D eigenvalue weighted by Gasteiger charge is 2.21. The van der Waals surface area contributed by atoms with Gasteiger partial charge in [0.1, 0.15) is 6.54 Å². The van der Waals surface area contributed by atoms with E-state index in [0.717, 1.165) is 5.56 Å². The summed E-state index contributed by atoms with van der Waals surface area (Å²) in [6.45, 7) is 1.89. The van der Waals surface area contributed by atoms with Gasteiger partial charge >= 0.3 is 5.97 Å². The van der Waals surface area contributed by atoms with Crippen LogP contribution in [0.1, 0.15) is 22.8 Å². The minimum atomic E-state index is -0.446. The molecule has 0 spiro atoms. The van der Waals surface area contributed by atoms with Crippen molar-refractivity contribution in [3.8, 4) is 0 Å². The van der Waals surface area contributed by atoms with Crippen LogP contribution >= 0.6 is 0 Å². The van der Waals surface area contributed by atoms with E-state index in [1.54, 1.807) is 25.1 Å². The van der Waals surface area contributed by atoms with E-state index >= 15 is 0 Å². The predicted octanol–water partition coefficient (Wildman–Crippen LogP) is 0.816. The lowest BCUT2D eigenvalue weighted by Gasteiger charge is -2.16. The lowest BCUT2D eigenvalue weighted by atomic mass is 10.1. The molecule has 1 N–H and O–H groups in total. The van der Waals surface area contributed by atoms with Gasteiger partial charge in [0.2, 0.25) is 5.91 Å². The molecule has 2 amide bonds. The third-order valence-corrected chi connectivity index (χ3v) is 3.00. The number of fused-ring (bicyclic) bond motifs is 1. The molecule has 1 aromatic carbocycles. The molecule has 6 nitrogen and oxygen atoms in total. The zero-order valence-electron chi connectivity index (χ0n) is 11.4. The number of anilines is 1. The number of likely N-dealkylation sites (N-methyl/N-ethyl adjacent to an activating group) is 1. The number of rotatable bonds is 4. The Kier molecular flexibility index (Phi) is 4.02. The zero-order valence-corrected chi connectivity index (χ0v) is 11.4. The Morgan fingerprint density at radius 2 is 2.15 bits per heavy atom. The Labute approximate surface area is 116 Å². The first-order valence-electron chi connectivity index (χ1n) is 6.35. The topological polar surface area (TPSA) is 75.7 Å². The first kappa shape index (κ1) is 14.0. The molecule has 0 aromatic heterocycles. The highest BCUT2D eigenvalue weighted by atomic mass is 16.5. The molecule has 0 saturated heterocycles. The molecule has 1 aromatic rings. The van der Waals surface area contributed by atoms with Crippen LogP contribution < -0.4 is 5.32 Å². The molecule has 6 heteroatoms. The van der Waals surface area contributed by atoms with Gasteiger partial charge in [0, 0.05) is 18.3 Å². The molecular formula is C14H16N2O4. The van der Waals surface area contributed by atoms with Crippen molar-refractivity contribution in [1.82, 2.24) is 4.90 Å². The van der Waals surface area contributed by atoms with E-state index in [1.165, 1.54) is 11.9 Å². The number of amides is 2. The largest absolute Gasteiger partial charge is 0.465 e. The third-order valence-electron chi connectivity index (χ3n) is 3.00. The predicted molar refractivity (Wildman–Crippen MR) is 72.4 cm³/mol. The number of hydrogen-bond acceptors (Lipinski definition) is 4. The summed E-state index contributed by atoms with van der Waals surface area (Å²) in [4.78, 5) is 36.1. The van der Waals surface area contributed by atoms with Crippen LogP contribution in [0.3, 0.4) is 0 Å². The van der Waals surface area contributed by atoms with E-state index in [4.69, 9.17) is 4.74 Å². The van der Waals surface area contributed by atoms with Crippen molar-refractivity contribution < 1.29 is 19.1 Å². The molecule has 0 aliphatic carbocycles. The molecule has 0 bridgehead atoms.